The first-order valence-corrected chi connectivity index (χ1v) is 8.93. The van der Waals surface area contributed by atoms with Crippen molar-refractivity contribution in [3.63, 3.8) is 0 Å². The van der Waals surface area contributed by atoms with Gasteiger partial charge in [0.1, 0.15) is 10.6 Å². The summed E-state index contributed by atoms with van der Waals surface area (Å²) in [5, 5.41) is 2.96. The predicted octanol–water partition coefficient (Wildman–Crippen LogP) is 3.00. The van der Waals surface area contributed by atoms with Crippen LogP contribution in [-0.4, -0.2) is 41.0 Å². The molecule has 140 valence electrons. The van der Waals surface area contributed by atoms with Crippen LogP contribution in [0.5, 0.6) is 0 Å². The number of aromatic nitrogens is 2. The quantitative estimate of drug-likeness (QED) is 0.747. The van der Waals surface area contributed by atoms with Gasteiger partial charge in [0.2, 0.25) is 0 Å². The van der Waals surface area contributed by atoms with Crippen molar-refractivity contribution in [2.45, 2.75) is 34.6 Å². The topological polar surface area (TPSA) is 110 Å². The highest BCUT2D eigenvalue weighted by Gasteiger charge is 2.24. The Hall–Kier alpha value is -2.68. The number of aryl methyl sites for hydroxylation is 2. The summed E-state index contributed by atoms with van der Waals surface area (Å²) in [6.07, 6.45) is 0. The fourth-order valence-corrected chi connectivity index (χ4v) is 3.35. The predicted molar refractivity (Wildman–Crippen MR) is 97.0 cm³/mol. The largest absolute Gasteiger partial charge is 0.462 e. The Labute approximate surface area is 154 Å². The number of aromatic amines is 1. The van der Waals surface area contributed by atoms with E-state index in [1.165, 1.54) is 0 Å². The third-order valence-corrected chi connectivity index (χ3v) is 4.67. The molecule has 0 radical (unpaired) electrons. The van der Waals surface area contributed by atoms with Crippen molar-refractivity contribution in [3.8, 4) is 0 Å². The monoisotopic (exact) mass is 379 g/mol. The van der Waals surface area contributed by atoms with Gasteiger partial charge in [0.15, 0.2) is 5.13 Å². The molecule has 9 heteroatoms. The average Bonchev–Trinajstić information content (AvgIpc) is 3.07. The molecular formula is C17H21N3O5S. The molecule has 1 amide bonds. The molecule has 2 aromatic rings. The van der Waals surface area contributed by atoms with Crippen molar-refractivity contribution in [1.29, 1.82) is 0 Å². The third-order valence-electron chi connectivity index (χ3n) is 3.62. The SMILES string of the molecule is CCOC(=O)c1[nH]c(C)c(C(=O)Nc2nc(C)c(C(=O)OCC)s2)c1C. The van der Waals surface area contributed by atoms with Gasteiger partial charge in [-0.3, -0.25) is 10.1 Å². The molecule has 8 nitrogen and oxygen atoms in total. The smallest absolute Gasteiger partial charge is 0.355 e. The van der Waals surface area contributed by atoms with E-state index in [0.29, 0.717) is 27.4 Å². The zero-order valence-electron chi connectivity index (χ0n) is 15.3. The summed E-state index contributed by atoms with van der Waals surface area (Å²) in [5.74, 6) is -1.40. The van der Waals surface area contributed by atoms with Crippen molar-refractivity contribution >= 4 is 34.3 Å². The second-order valence-corrected chi connectivity index (χ2v) is 6.45. The number of anilines is 1. The molecule has 0 fully saturated rings. The maximum absolute atomic E-state index is 12.6. The van der Waals surface area contributed by atoms with Crippen LogP contribution in [0.1, 0.15) is 61.3 Å². The first kappa shape index (κ1) is 19.6. The second-order valence-electron chi connectivity index (χ2n) is 5.45. The highest BCUT2D eigenvalue weighted by atomic mass is 32.1. The average molecular weight is 379 g/mol. The van der Waals surface area contributed by atoms with Crippen LogP contribution in [0.15, 0.2) is 0 Å². The van der Waals surface area contributed by atoms with Gasteiger partial charge in [0, 0.05) is 5.69 Å². The molecular weight excluding hydrogens is 358 g/mol. The van der Waals surface area contributed by atoms with E-state index >= 15 is 0 Å². The molecule has 0 aromatic carbocycles. The van der Waals surface area contributed by atoms with Gasteiger partial charge in [-0.2, -0.15) is 0 Å². The van der Waals surface area contributed by atoms with Gasteiger partial charge in [-0.05, 0) is 40.2 Å². The summed E-state index contributed by atoms with van der Waals surface area (Å²) >= 11 is 1.04. The molecule has 26 heavy (non-hydrogen) atoms. The summed E-state index contributed by atoms with van der Waals surface area (Å²) in [5.41, 5.74) is 2.12. The molecule has 0 unspecified atom stereocenters. The van der Waals surface area contributed by atoms with Crippen LogP contribution < -0.4 is 5.32 Å². The molecule has 2 aromatic heterocycles. The molecule has 0 aliphatic heterocycles. The number of H-pyrrole nitrogens is 1. The maximum atomic E-state index is 12.6. The molecule has 0 atom stereocenters. The number of thiazole rings is 1. The second kappa shape index (κ2) is 8.13. The molecule has 0 saturated heterocycles. The minimum absolute atomic E-state index is 0.243. The lowest BCUT2D eigenvalue weighted by atomic mass is 10.1. The van der Waals surface area contributed by atoms with Crippen LogP contribution in [0.2, 0.25) is 0 Å². The number of amides is 1. The first-order valence-electron chi connectivity index (χ1n) is 8.12. The van der Waals surface area contributed by atoms with Gasteiger partial charge in [-0.25, -0.2) is 14.6 Å². The molecule has 0 aliphatic rings. The molecule has 0 aliphatic carbocycles. The fourth-order valence-electron chi connectivity index (χ4n) is 2.49. The highest BCUT2D eigenvalue weighted by Crippen LogP contribution is 2.25. The van der Waals surface area contributed by atoms with Crippen LogP contribution in [0.25, 0.3) is 0 Å². The first-order chi connectivity index (χ1) is 12.3. The Kier molecular flexibility index (Phi) is 6.14. The van der Waals surface area contributed by atoms with E-state index in [4.69, 9.17) is 9.47 Å². The van der Waals surface area contributed by atoms with Gasteiger partial charge >= 0.3 is 11.9 Å². The van der Waals surface area contributed by atoms with Crippen molar-refractivity contribution in [2.75, 3.05) is 18.5 Å². The van der Waals surface area contributed by atoms with E-state index < -0.39 is 17.8 Å². The minimum Gasteiger partial charge on any atom is -0.462 e. The Morgan fingerprint density at radius 2 is 1.69 bits per heavy atom. The summed E-state index contributed by atoms with van der Waals surface area (Å²) in [7, 11) is 0. The van der Waals surface area contributed by atoms with E-state index in [2.05, 4.69) is 15.3 Å². The van der Waals surface area contributed by atoms with Crippen molar-refractivity contribution in [1.82, 2.24) is 9.97 Å². The minimum atomic E-state index is -0.512. The lowest BCUT2D eigenvalue weighted by molar-refractivity contribution is 0.0514. The third kappa shape index (κ3) is 3.93. The molecule has 0 bridgehead atoms. The van der Waals surface area contributed by atoms with Crippen LogP contribution >= 0.6 is 11.3 Å². The standard InChI is InChI=1S/C17H21N3O5S/c1-6-24-15(22)12-8(3)11(9(4)18-12)14(21)20-17-19-10(5)13(26-17)16(23)25-7-2/h18H,6-7H2,1-5H3,(H,19,20,21). The molecule has 0 spiro atoms. The van der Waals surface area contributed by atoms with E-state index in [0.717, 1.165) is 11.3 Å². The van der Waals surface area contributed by atoms with Gasteiger partial charge < -0.3 is 14.5 Å². The van der Waals surface area contributed by atoms with E-state index in [9.17, 15) is 14.4 Å². The zero-order chi connectivity index (χ0) is 19.4. The summed E-state index contributed by atoms with van der Waals surface area (Å²) in [6, 6.07) is 0. The van der Waals surface area contributed by atoms with Gasteiger partial charge in [0.05, 0.1) is 24.5 Å². The molecule has 2 N–H and O–H groups in total. The Morgan fingerprint density at radius 1 is 1.08 bits per heavy atom. The summed E-state index contributed by atoms with van der Waals surface area (Å²) < 4.78 is 9.94. The fraction of sp³-hybridized carbons (Fsp3) is 0.412. The highest BCUT2D eigenvalue weighted by molar-refractivity contribution is 7.17. The number of hydrogen-bond donors (Lipinski definition) is 2. The van der Waals surface area contributed by atoms with Gasteiger partial charge in [0.25, 0.3) is 5.91 Å². The van der Waals surface area contributed by atoms with Crippen LogP contribution in [0.3, 0.4) is 0 Å². The number of nitrogens with one attached hydrogen (secondary N) is 2. The van der Waals surface area contributed by atoms with Crippen LogP contribution in [0.4, 0.5) is 5.13 Å². The number of rotatable bonds is 6. The Morgan fingerprint density at radius 3 is 2.31 bits per heavy atom. The zero-order valence-corrected chi connectivity index (χ0v) is 16.1. The van der Waals surface area contributed by atoms with E-state index in [-0.39, 0.29) is 24.0 Å². The number of ether oxygens (including phenoxy) is 2. The van der Waals surface area contributed by atoms with E-state index in [1.54, 1.807) is 34.6 Å². The van der Waals surface area contributed by atoms with Gasteiger partial charge in [-0.1, -0.05) is 11.3 Å². The van der Waals surface area contributed by atoms with Crippen LogP contribution in [0, 0.1) is 20.8 Å². The number of hydrogen-bond acceptors (Lipinski definition) is 7. The summed E-state index contributed by atoms with van der Waals surface area (Å²) in [6.45, 7) is 8.97. The summed E-state index contributed by atoms with van der Waals surface area (Å²) in [4.78, 5) is 43.9. The van der Waals surface area contributed by atoms with Gasteiger partial charge in [-0.15, -0.1) is 0 Å². The number of esters is 2. The lowest BCUT2D eigenvalue weighted by Gasteiger charge is -2.03. The number of carbonyl (C=O) groups is 3. The van der Waals surface area contributed by atoms with Crippen molar-refractivity contribution in [2.24, 2.45) is 0 Å². The van der Waals surface area contributed by atoms with E-state index in [1.807, 2.05) is 0 Å². The number of carbonyl (C=O) groups excluding carboxylic acids is 3. The molecule has 2 heterocycles. The number of nitrogens with zero attached hydrogens (tertiary/aromatic N) is 1. The van der Waals surface area contributed by atoms with Crippen molar-refractivity contribution < 1.29 is 23.9 Å². The lowest BCUT2D eigenvalue weighted by Crippen LogP contribution is -2.14. The Balaban J connectivity index is 2.25. The normalized spacial score (nSPS) is 10.5. The molecule has 0 saturated carbocycles. The maximum Gasteiger partial charge on any atom is 0.355 e. The molecule has 2 rings (SSSR count). The van der Waals surface area contributed by atoms with Crippen molar-refractivity contribution in [3.05, 3.63) is 33.1 Å². The van der Waals surface area contributed by atoms with Crippen LogP contribution in [-0.2, 0) is 9.47 Å². The Bertz CT molecular complexity index is 853.